The zero-order valence-electron chi connectivity index (χ0n) is 18.1. The summed E-state index contributed by atoms with van der Waals surface area (Å²) in [5, 5.41) is 19.6. The van der Waals surface area contributed by atoms with Gasteiger partial charge in [0.1, 0.15) is 17.3 Å². The maximum atomic E-state index is 10.2. The van der Waals surface area contributed by atoms with Gasteiger partial charge < -0.3 is 18.8 Å². The molecule has 2 aromatic heterocycles. The Bertz CT molecular complexity index is 1310. The number of oxazole rings is 1. The monoisotopic (exact) mass is 450 g/mol. The van der Waals surface area contributed by atoms with Gasteiger partial charge in [-0.2, -0.15) is 0 Å². The molecule has 0 fully saturated rings. The Labute approximate surface area is 190 Å². The average molecular weight is 451 g/mol. The van der Waals surface area contributed by atoms with Crippen LogP contribution >= 0.6 is 11.6 Å². The Hall–Kier alpha value is -3.32. The number of rotatable bonds is 4. The highest BCUT2D eigenvalue weighted by Crippen LogP contribution is 2.43. The van der Waals surface area contributed by atoms with Crippen LogP contribution in [0.15, 0.2) is 47.0 Å². The molecule has 0 saturated heterocycles. The van der Waals surface area contributed by atoms with E-state index >= 15 is 0 Å². The van der Waals surface area contributed by atoms with Crippen LogP contribution in [0.3, 0.4) is 0 Å². The molecule has 164 valence electrons. The molecule has 5 rings (SSSR count). The average Bonchev–Trinajstić information content (AvgIpc) is 3.42. The van der Waals surface area contributed by atoms with Crippen molar-refractivity contribution in [2.75, 3.05) is 7.11 Å². The summed E-state index contributed by atoms with van der Waals surface area (Å²) in [6.07, 6.45) is 3.56. The van der Waals surface area contributed by atoms with Gasteiger partial charge in [0.25, 0.3) is 0 Å². The first-order chi connectivity index (χ1) is 15.4. The second-order valence-electron chi connectivity index (χ2n) is 8.26. The summed E-state index contributed by atoms with van der Waals surface area (Å²) in [4.78, 5) is 4.18. The highest BCUT2D eigenvalue weighted by molar-refractivity contribution is 6.32. The van der Waals surface area contributed by atoms with E-state index in [4.69, 9.17) is 20.8 Å². The number of hydrogen-bond acceptors (Lipinski definition) is 6. The molecule has 0 bridgehead atoms. The first-order valence-electron chi connectivity index (χ1n) is 10.4. The van der Waals surface area contributed by atoms with Crippen molar-refractivity contribution in [1.29, 1.82) is 0 Å². The molecule has 1 unspecified atom stereocenters. The lowest BCUT2D eigenvalue weighted by atomic mass is 9.76. The molecular formula is C24H23ClN4O3. The maximum absolute atomic E-state index is 10.2. The standard InChI is InChI=1S/C24H23ClN4O3/c1-14-26-13-21(32-14)17-7-5-15(11-20(17)31-3)22-27-28-23-24(2,9-4-10-29(22)23)16-6-8-18(25)19(30)12-16/h5-8,11-13,30H,4,9-10H2,1-3H3. The van der Waals surface area contributed by atoms with Crippen molar-refractivity contribution in [2.45, 2.75) is 38.6 Å². The molecule has 7 nitrogen and oxygen atoms in total. The van der Waals surface area contributed by atoms with Crippen molar-refractivity contribution in [3.05, 3.63) is 64.9 Å². The number of methoxy groups -OCH3 is 1. The van der Waals surface area contributed by atoms with Gasteiger partial charge in [0.05, 0.1) is 29.3 Å². The number of aryl methyl sites for hydroxylation is 1. The quantitative estimate of drug-likeness (QED) is 0.449. The number of fused-ring (bicyclic) bond motifs is 1. The molecule has 3 heterocycles. The Morgan fingerprint density at radius 3 is 2.75 bits per heavy atom. The Morgan fingerprint density at radius 1 is 1.19 bits per heavy atom. The molecule has 4 aromatic rings. The number of aromatic hydroxyl groups is 1. The van der Waals surface area contributed by atoms with Crippen LogP contribution in [0.1, 0.15) is 37.0 Å². The minimum atomic E-state index is -0.382. The number of phenols is 1. The van der Waals surface area contributed by atoms with Gasteiger partial charge in [0.15, 0.2) is 17.5 Å². The fourth-order valence-electron chi connectivity index (χ4n) is 4.49. The van der Waals surface area contributed by atoms with Crippen LogP contribution in [0.4, 0.5) is 0 Å². The van der Waals surface area contributed by atoms with E-state index in [0.29, 0.717) is 22.4 Å². The first-order valence-corrected chi connectivity index (χ1v) is 10.8. The lowest BCUT2D eigenvalue weighted by Gasteiger charge is -2.34. The third kappa shape index (κ3) is 3.24. The van der Waals surface area contributed by atoms with Crippen LogP contribution < -0.4 is 4.74 Å². The van der Waals surface area contributed by atoms with Crippen molar-refractivity contribution >= 4 is 11.6 Å². The number of ether oxygens (including phenoxy) is 1. The van der Waals surface area contributed by atoms with Crippen molar-refractivity contribution in [1.82, 2.24) is 19.7 Å². The SMILES string of the molecule is COc1cc(-c2nnc3n2CCCC3(C)c2ccc(Cl)c(O)c2)ccc1-c1cnc(C)o1. The van der Waals surface area contributed by atoms with Gasteiger partial charge in [-0.05, 0) is 49.6 Å². The van der Waals surface area contributed by atoms with E-state index in [2.05, 4.69) is 26.7 Å². The molecule has 1 aliphatic rings. The predicted octanol–water partition coefficient (Wildman–Crippen LogP) is 5.38. The van der Waals surface area contributed by atoms with Gasteiger partial charge in [-0.25, -0.2) is 4.98 Å². The molecule has 1 N–H and O–H groups in total. The molecule has 32 heavy (non-hydrogen) atoms. The van der Waals surface area contributed by atoms with Crippen molar-refractivity contribution in [2.24, 2.45) is 0 Å². The van der Waals surface area contributed by atoms with Crippen LogP contribution in [0.5, 0.6) is 11.5 Å². The largest absolute Gasteiger partial charge is 0.506 e. The van der Waals surface area contributed by atoms with E-state index in [1.165, 1.54) is 0 Å². The summed E-state index contributed by atoms with van der Waals surface area (Å²) in [6.45, 7) is 4.76. The van der Waals surface area contributed by atoms with Crippen LogP contribution in [0.25, 0.3) is 22.7 Å². The third-order valence-electron chi connectivity index (χ3n) is 6.23. The van der Waals surface area contributed by atoms with Gasteiger partial charge >= 0.3 is 0 Å². The van der Waals surface area contributed by atoms with Crippen molar-refractivity contribution in [3.8, 4) is 34.2 Å². The zero-order valence-corrected chi connectivity index (χ0v) is 18.8. The predicted molar refractivity (Wildman–Crippen MR) is 121 cm³/mol. The highest BCUT2D eigenvalue weighted by Gasteiger charge is 2.38. The number of phenolic OH excluding ortho intramolecular Hbond substituents is 1. The second-order valence-corrected chi connectivity index (χ2v) is 8.67. The fraction of sp³-hybridized carbons (Fsp3) is 0.292. The maximum Gasteiger partial charge on any atom is 0.191 e. The van der Waals surface area contributed by atoms with Gasteiger partial charge in [-0.15, -0.1) is 10.2 Å². The number of halogens is 1. The Balaban J connectivity index is 1.58. The summed E-state index contributed by atoms with van der Waals surface area (Å²) in [6, 6.07) is 11.3. The molecule has 0 radical (unpaired) electrons. The summed E-state index contributed by atoms with van der Waals surface area (Å²) < 4.78 is 13.5. The number of nitrogens with zero attached hydrogens (tertiary/aromatic N) is 4. The molecule has 0 amide bonds. The molecule has 0 spiro atoms. The second kappa shape index (κ2) is 7.67. The van der Waals surface area contributed by atoms with Crippen molar-refractivity contribution < 1.29 is 14.3 Å². The number of hydrogen-bond donors (Lipinski definition) is 1. The number of benzene rings is 2. The van der Waals surface area contributed by atoms with E-state index < -0.39 is 0 Å². The fourth-order valence-corrected chi connectivity index (χ4v) is 4.61. The van der Waals surface area contributed by atoms with Gasteiger partial charge in [-0.1, -0.05) is 23.7 Å². The van der Waals surface area contributed by atoms with E-state index in [-0.39, 0.29) is 11.2 Å². The van der Waals surface area contributed by atoms with Crippen LogP contribution in [0.2, 0.25) is 5.02 Å². The summed E-state index contributed by atoms with van der Waals surface area (Å²) in [5.41, 5.74) is 2.32. The Kier molecular flexibility index (Phi) is 4.93. The molecule has 8 heteroatoms. The van der Waals surface area contributed by atoms with Gasteiger partial charge in [-0.3, -0.25) is 0 Å². The van der Waals surface area contributed by atoms with Gasteiger partial charge in [0.2, 0.25) is 0 Å². The molecule has 2 aromatic carbocycles. The molecule has 0 aliphatic carbocycles. The lowest BCUT2D eigenvalue weighted by Crippen LogP contribution is -2.32. The molecule has 1 atom stereocenters. The highest BCUT2D eigenvalue weighted by atomic mass is 35.5. The summed E-state index contributed by atoms with van der Waals surface area (Å²) in [7, 11) is 1.63. The lowest BCUT2D eigenvalue weighted by molar-refractivity contribution is 0.376. The minimum Gasteiger partial charge on any atom is -0.506 e. The van der Waals surface area contributed by atoms with E-state index in [1.54, 1.807) is 25.4 Å². The zero-order chi connectivity index (χ0) is 22.5. The smallest absolute Gasteiger partial charge is 0.191 e. The van der Waals surface area contributed by atoms with E-state index in [1.807, 2.05) is 31.2 Å². The summed E-state index contributed by atoms with van der Waals surface area (Å²) >= 11 is 6.03. The normalized spacial score (nSPS) is 17.9. The van der Waals surface area contributed by atoms with E-state index in [0.717, 1.165) is 47.7 Å². The molecular weight excluding hydrogens is 428 g/mol. The van der Waals surface area contributed by atoms with Crippen LogP contribution in [-0.4, -0.2) is 32.0 Å². The Morgan fingerprint density at radius 2 is 2.03 bits per heavy atom. The number of aromatic nitrogens is 4. The minimum absolute atomic E-state index is 0.0743. The first kappa shape index (κ1) is 20.6. The summed E-state index contributed by atoms with van der Waals surface area (Å²) in [5.74, 6) is 3.66. The van der Waals surface area contributed by atoms with Gasteiger partial charge in [0, 0.05) is 19.0 Å². The van der Waals surface area contributed by atoms with Crippen LogP contribution in [0, 0.1) is 6.92 Å². The molecule has 1 aliphatic heterocycles. The third-order valence-corrected chi connectivity index (χ3v) is 6.55. The van der Waals surface area contributed by atoms with Crippen molar-refractivity contribution in [3.63, 3.8) is 0 Å². The van der Waals surface area contributed by atoms with E-state index in [9.17, 15) is 5.11 Å². The topological polar surface area (TPSA) is 86.2 Å². The van der Waals surface area contributed by atoms with Crippen LogP contribution in [-0.2, 0) is 12.0 Å². The molecule has 0 saturated carbocycles.